The largest absolute Gasteiger partial charge is 0.494 e. The third kappa shape index (κ3) is 5.48. The summed E-state index contributed by atoms with van der Waals surface area (Å²) < 4.78 is 80.6. The van der Waals surface area contributed by atoms with Gasteiger partial charge in [0.2, 0.25) is 0 Å². The molecule has 0 bridgehead atoms. The number of nitrogens with one attached hydrogen (secondary N) is 1. The van der Waals surface area contributed by atoms with Crippen molar-refractivity contribution in [2.24, 2.45) is 0 Å². The second-order valence-electron chi connectivity index (χ2n) is 8.31. The van der Waals surface area contributed by atoms with Crippen LogP contribution in [0.5, 0.6) is 11.5 Å². The van der Waals surface area contributed by atoms with Crippen LogP contribution in [0.4, 0.5) is 22.0 Å². The Morgan fingerprint density at radius 3 is 2.42 bits per heavy atom. The number of H-pyrrole nitrogens is 1. The van der Waals surface area contributed by atoms with Crippen molar-refractivity contribution in [3.63, 3.8) is 0 Å². The van der Waals surface area contributed by atoms with Crippen molar-refractivity contribution >= 4 is 10.8 Å². The lowest BCUT2D eigenvalue weighted by atomic mass is 10.1. The van der Waals surface area contributed by atoms with Crippen molar-refractivity contribution in [2.75, 3.05) is 7.11 Å². The number of aromatic nitrogens is 5. The van der Waals surface area contributed by atoms with Crippen LogP contribution in [-0.4, -0.2) is 37.9 Å². The summed E-state index contributed by atoms with van der Waals surface area (Å²) in [6.45, 7) is 1.45. The number of rotatable bonds is 8. The number of aryl methyl sites for hydroxylation is 1. The highest BCUT2D eigenvalue weighted by Gasteiger charge is 2.38. The van der Waals surface area contributed by atoms with E-state index in [1.165, 1.54) is 26.4 Å². The molecule has 14 heteroatoms. The first-order valence-electron chi connectivity index (χ1n) is 11.2. The number of pyridine rings is 1. The Kier molecular flexibility index (Phi) is 7.41. The summed E-state index contributed by atoms with van der Waals surface area (Å²) >= 11 is 0. The summed E-state index contributed by atoms with van der Waals surface area (Å²) in [4.78, 5) is 32.4. The molecule has 0 saturated heterocycles. The average molecular weight is 537 g/mol. The smallest absolute Gasteiger partial charge is 0.425 e. The minimum atomic E-state index is -4.95. The molecule has 3 aromatic heterocycles. The summed E-state index contributed by atoms with van der Waals surface area (Å²) in [5, 5.41) is 4.73. The molecule has 0 saturated carbocycles. The maximum atomic E-state index is 14.9. The van der Waals surface area contributed by atoms with Crippen LogP contribution in [-0.2, 0) is 12.7 Å². The molecule has 1 aromatic carbocycles. The van der Waals surface area contributed by atoms with Gasteiger partial charge in [-0.1, -0.05) is 0 Å². The second kappa shape index (κ2) is 10.6. The van der Waals surface area contributed by atoms with Crippen molar-refractivity contribution < 1.29 is 31.4 Å². The number of alkyl halides is 3. The highest BCUT2D eigenvalue weighted by Crippen LogP contribution is 2.33. The van der Waals surface area contributed by atoms with Gasteiger partial charge in [-0.3, -0.25) is 9.59 Å². The molecule has 0 aliphatic heterocycles. The molecule has 1 atom stereocenters. The van der Waals surface area contributed by atoms with Gasteiger partial charge in [0.25, 0.3) is 11.1 Å². The number of aromatic amines is 1. The van der Waals surface area contributed by atoms with Crippen LogP contribution in [0, 0.1) is 11.6 Å². The van der Waals surface area contributed by atoms with Crippen LogP contribution in [0.15, 0.2) is 46.5 Å². The van der Waals surface area contributed by atoms with Crippen LogP contribution in [0.25, 0.3) is 22.2 Å². The SMILES string of the molecule is COc1cnc(-c2cc3c(F)cn(CCCC(C)Oc4cn[nH]c(=O)c4C(F)(F)F)c(=O)c3cc2F)nc1. The van der Waals surface area contributed by atoms with E-state index >= 15 is 0 Å². The monoisotopic (exact) mass is 537 g/mol. The summed E-state index contributed by atoms with van der Waals surface area (Å²) in [5.41, 5.74) is -3.70. The van der Waals surface area contributed by atoms with E-state index in [-0.39, 0.29) is 41.5 Å². The second-order valence-corrected chi connectivity index (χ2v) is 8.31. The Morgan fingerprint density at radius 1 is 1.05 bits per heavy atom. The van der Waals surface area contributed by atoms with Gasteiger partial charge in [-0.15, -0.1) is 0 Å². The molecule has 0 fully saturated rings. The number of nitrogens with zero attached hydrogens (tertiary/aromatic N) is 4. The van der Waals surface area contributed by atoms with Gasteiger partial charge in [-0.05, 0) is 31.9 Å². The number of hydrogen-bond acceptors (Lipinski definition) is 7. The molecule has 1 unspecified atom stereocenters. The van der Waals surface area contributed by atoms with Gasteiger partial charge in [-0.25, -0.2) is 23.8 Å². The van der Waals surface area contributed by atoms with E-state index in [1.54, 1.807) is 5.10 Å². The van der Waals surface area contributed by atoms with Crippen LogP contribution >= 0.6 is 0 Å². The van der Waals surface area contributed by atoms with Crippen LogP contribution < -0.4 is 20.6 Å². The third-order valence-electron chi connectivity index (χ3n) is 5.67. The summed E-state index contributed by atoms with van der Waals surface area (Å²) in [7, 11) is 1.41. The highest BCUT2D eigenvalue weighted by atomic mass is 19.4. The maximum Gasteiger partial charge on any atom is 0.425 e. The Balaban J connectivity index is 1.51. The van der Waals surface area contributed by atoms with Crippen molar-refractivity contribution in [3.05, 3.63) is 74.8 Å². The molecule has 0 spiro atoms. The van der Waals surface area contributed by atoms with E-state index < -0.39 is 46.3 Å². The first kappa shape index (κ1) is 26.7. The highest BCUT2D eigenvalue weighted by molar-refractivity contribution is 5.86. The Morgan fingerprint density at radius 2 is 1.76 bits per heavy atom. The summed E-state index contributed by atoms with van der Waals surface area (Å²) in [6, 6.07) is 2.06. The van der Waals surface area contributed by atoms with Gasteiger partial charge < -0.3 is 14.0 Å². The van der Waals surface area contributed by atoms with Gasteiger partial charge in [0.05, 0.1) is 42.8 Å². The molecule has 9 nitrogen and oxygen atoms in total. The normalized spacial score (nSPS) is 12.5. The third-order valence-corrected chi connectivity index (χ3v) is 5.67. The number of benzene rings is 1. The van der Waals surface area contributed by atoms with Gasteiger partial charge in [0.1, 0.15) is 11.6 Å². The quantitative estimate of drug-likeness (QED) is 0.337. The number of hydrogen-bond donors (Lipinski definition) is 1. The minimum Gasteiger partial charge on any atom is -0.494 e. The molecule has 3 heterocycles. The molecular weight excluding hydrogens is 517 g/mol. The van der Waals surface area contributed by atoms with Crippen molar-refractivity contribution in [1.82, 2.24) is 24.7 Å². The van der Waals surface area contributed by atoms with Gasteiger partial charge in [-0.2, -0.15) is 18.3 Å². The zero-order valence-electron chi connectivity index (χ0n) is 20.0. The first-order chi connectivity index (χ1) is 18.0. The fourth-order valence-electron chi connectivity index (χ4n) is 3.83. The van der Waals surface area contributed by atoms with E-state index in [9.17, 15) is 31.5 Å². The predicted molar refractivity (Wildman–Crippen MR) is 125 cm³/mol. The Hall–Kier alpha value is -4.36. The standard InChI is InChI=1S/C24H20F5N5O4/c1-12(38-19-10-32-33-22(35)20(19)24(27,28)29)4-3-5-34-11-18(26)14-6-16(17(25)7-15(14)23(34)36)21-30-8-13(37-2)9-31-21/h6-12H,3-5H2,1-2H3,(H,33,35). The minimum absolute atomic E-state index is 0.0212. The zero-order valence-corrected chi connectivity index (χ0v) is 20.0. The summed E-state index contributed by atoms with van der Waals surface area (Å²) in [6.07, 6.45) is -1.04. The predicted octanol–water partition coefficient (Wildman–Crippen LogP) is 4.10. The Labute approximate surface area is 210 Å². The van der Waals surface area contributed by atoms with E-state index in [0.717, 1.165) is 29.1 Å². The van der Waals surface area contributed by atoms with Crippen molar-refractivity contribution in [1.29, 1.82) is 0 Å². The molecule has 4 rings (SSSR count). The van der Waals surface area contributed by atoms with Crippen LogP contribution in [0.1, 0.15) is 25.3 Å². The lowest BCUT2D eigenvalue weighted by Crippen LogP contribution is -2.26. The Bertz CT molecular complexity index is 1590. The first-order valence-corrected chi connectivity index (χ1v) is 11.2. The number of methoxy groups -OCH3 is 1. The maximum absolute atomic E-state index is 14.9. The molecule has 200 valence electrons. The summed E-state index contributed by atoms with van der Waals surface area (Å²) in [5.74, 6) is -2.02. The lowest BCUT2D eigenvalue weighted by molar-refractivity contribution is -0.140. The van der Waals surface area contributed by atoms with Crippen LogP contribution in [0.2, 0.25) is 0 Å². The van der Waals surface area contributed by atoms with E-state index in [4.69, 9.17) is 9.47 Å². The fraction of sp³-hybridized carbons (Fsp3) is 0.292. The molecule has 0 aliphatic carbocycles. The molecule has 0 radical (unpaired) electrons. The lowest BCUT2D eigenvalue weighted by Gasteiger charge is -2.18. The fourth-order valence-corrected chi connectivity index (χ4v) is 3.83. The average Bonchev–Trinajstić information content (AvgIpc) is 2.86. The molecule has 0 amide bonds. The zero-order chi connectivity index (χ0) is 27.6. The van der Waals surface area contributed by atoms with E-state index in [2.05, 4.69) is 15.1 Å². The molecule has 0 aliphatic rings. The van der Waals surface area contributed by atoms with Crippen molar-refractivity contribution in [3.8, 4) is 22.9 Å². The van der Waals surface area contributed by atoms with E-state index in [1.807, 2.05) is 0 Å². The topological polar surface area (TPSA) is 112 Å². The van der Waals surface area contributed by atoms with Crippen LogP contribution in [0.3, 0.4) is 0 Å². The molecular formula is C24H20F5N5O4. The van der Waals surface area contributed by atoms with E-state index in [0.29, 0.717) is 5.75 Å². The van der Waals surface area contributed by atoms with Crippen molar-refractivity contribution in [2.45, 2.75) is 38.6 Å². The van der Waals surface area contributed by atoms with Gasteiger partial charge in [0.15, 0.2) is 22.9 Å². The molecule has 38 heavy (non-hydrogen) atoms. The number of ether oxygens (including phenoxy) is 2. The number of halogens is 5. The molecule has 1 N–H and O–H groups in total. The van der Waals surface area contributed by atoms with Gasteiger partial charge in [0, 0.05) is 18.1 Å². The van der Waals surface area contributed by atoms with Gasteiger partial charge >= 0.3 is 6.18 Å². The number of fused-ring (bicyclic) bond motifs is 1. The molecule has 4 aromatic rings.